The van der Waals surface area contributed by atoms with Gasteiger partial charge in [-0.2, -0.15) is 0 Å². The van der Waals surface area contributed by atoms with Crippen LogP contribution >= 0.6 is 0 Å². The van der Waals surface area contributed by atoms with E-state index < -0.39 is 0 Å². The highest BCUT2D eigenvalue weighted by molar-refractivity contribution is 5.92. The molecular weight excluding hydrogens is 302 g/mol. The van der Waals surface area contributed by atoms with Crippen molar-refractivity contribution in [2.45, 2.75) is 33.7 Å². The molecular formula is C19H23N3O2. The number of carbonyl (C=O) groups is 2. The molecule has 1 aromatic carbocycles. The molecule has 0 fully saturated rings. The summed E-state index contributed by atoms with van der Waals surface area (Å²) in [5.41, 5.74) is 3.93. The standard InChI is InChI=1S/C19H23N3O2/c1-14-7-8-18(12-15(14)2)22(16(3)23)11-9-19(24)21-13-17-6-4-5-10-20-17/h4-8,10,12H,9,11,13H2,1-3H3,(H,21,24). The number of aryl methyl sites for hydroxylation is 2. The lowest BCUT2D eigenvalue weighted by Crippen LogP contribution is -2.33. The lowest BCUT2D eigenvalue weighted by atomic mass is 10.1. The Balaban J connectivity index is 1.92. The van der Waals surface area contributed by atoms with Gasteiger partial charge in [-0.1, -0.05) is 12.1 Å². The fourth-order valence-corrected chi connectivity index (χ4v) is 2.36. The fraction of sp³-hybridized carbons (Fsp3) is 0.316. The van der Waals surface area contributed by atoms with Crippen LogP contribution in [0.3, 0.4) is 0 Å². The van der Waals surface area contributed by atoms with Gasteiger partial charge < -0.3 is 10.2 Å². The lowest BCUT2D eigenvalue weighted by Gasteiger charge is -2.22. The predicted octanol–water partition coefficient (Wildman–Crippen LogP) is 2.76. The molecule has 2 amide bonds. The van der Waals surface area contributed by atoms with Gasteiger partial charge in [-0.25, -0.2) is 0 Å². The Morgan fingerprint density at radius 1 is 1.12 bits per heavy atom. The van der Waals surface area contributed by atoms with E-state index in [2.05, 4.69) is 10.3 Å². The van der Waals surface area contributed by atoms with Crippen LogP contribution in [0.5, 0.6) is 0 Å². The smallest absolute Gasteiger partial charge is 0.223 e. The van der Waals surface area contributed by atoms with Crippen molar-refractivity contribution in [2.75, 3.05) is 11.4 Å². The molecule has 1 heterocycles. The molecule has 1 aromatic heterocycles. The number of benzene rings is 1. The third-order valence-corrected chi connectivity index (χ3v) is 3.94. The summed E-state index contributed by atoms with van der Waals surface area (Å²) in [6.07, 6.45) is 1.94. The molecule has 2 aromatic rings. The van der Waals surface area contributed by atoms with Gasteiger partial charge in [0.15, 0.2) is 0 Å². The molecule has 0 radical (unpaired) electrons. The number of anilines is 1. The van der Waals surface area contributed by atoms with Crippen LogP contribution < -0.4 is 10.2 Å². The Morgan fingerprint density at radius 2 is 1.92 bits per heavy atom. The number of nitrogens with zero attached hydrogens (tertiary/aromatic N) is 2. The van der Waals surface area contributed by atoms with Gasteiger partial charge in [-0.15, -0.1) is 0 Å². The molecule has 0 aliphatic carbocycles. The quantitative estimate of drug-likeness (QED) is 0.888. The number of carbonyl (C=O) groups excluding carboxylic acids is 2. The maximum Gasteiger partial charge on any atom is 0.223 e. The highest BCUT2D eigenvalue weighted by Crippen LogP contribution is 2.19. The van der Waals surface area contributed by atoms with E-state index in [1.165, 1.54) is 12.5 Å². The van der Waals surface area contributed by atoms with Crippen LogP contribution in [0.25, 0.3) is 0 Å². The maximum atomic E-state index is 12.0. The zero-order valence-electron chi connectivity index (χ0n) is 14.4. The van der Waals surface area contributed by atoms with E-state index in [0.29, 0.717) is 13.1 Å². The van der Waals surface area contributed by atoms with Gasteiger partial charge in [0.2, 0.25) is 11.8 Å². The first-order chi connectivity index (χ1) is 11.5. The molecule has 0 aliphatic heterocycles. The van der Waals surface area contributed by atoms with Crippen LogP contribution in [-0.4, -0.2) is 23.3 Å². The number of hydrogen-bond donors (Lipinski definition) is 1. The molecule has 0 atom stereocenters. The van der Waals surface area contributed by atoms with Gasteiger partial charge in [0.05, 0.1) is 12.2 Å². The van der Waals surface area contributed by atoms with Gasteiger partial charge in [-0.05, 0) is 49.2 Å². The number of rotatable bonds is 6. The van der Waals surface area contributed by atoms with Gasteiger partial charge in [0, 0.05) is 31.8 Å². The van der Waals surface area contributed by atoms with Crippen molar-refractivity contribution in [1.29, 1.82) is 0 Å². The second-order valence-corrected chi connectivity index (χ2v) is 5.79. The summed E-state index contributed by atoms with van der Waals surface area (Å²) >= 11 is 0. The van der Waals surface area contributed by atoms with Crippen molar-refractivity contribution in [1.82, 2.24) is 10.3 Å². The molecule has 5 nitrogen and oxygen atoms in total. The molecule has 0 unspecified atom stereocenters. The van der Waals surface area contributed by atoms with E-state index in [0.717, 1.165) is 16.9 Å². The maximum absolute atomic E-state index is 12.0. The minimum Gasteiger partial charge on any atom is -0.350 e. The van der Waals surface area contributed by atoms with Crippen LogP contribution in [0.2, 0.25) is 0 Å². The number of pyridine rings is 1. The van der Waals surface area contributed by atoms with Crippen LogP contribution in [0.15, 0.2) is 42.6 Å². The summed E-state index contributed by atoms with van der Waals surface area (Å²) in [6, 6.07) is 11.4. The third-order valence-electron chi connectivity index (χ3n) is 3.94. The van der Waals surface area contributed by atoms with Gasteiger partial charge in [0.1, 0.15) is 0 Å². The largest absolute Gasteiger partial charge is 0.350 e. The van der Waals surface area contributed by atoms with Crippen molar-refractivity contribution in [2.24, 2.45) is 0 Å². The first-order valence-corrected chi connectivity index (χ1v) is 7.99. The topological polar surface area (TPSA) is 62.3 Å². The van der Waals surface area contributed by atoms with Crippen LogP contribution in [0.4, 0.5) is 5.69 Å². The summed E-state index contributed by atoms with van der Waals surface area (Å²) < 4.78 is 0. The molecule has 1 N–H and O–H groups in total. The third kappa shape index (κ3) is 4.91. The second-order valence-electron chi connectivity index (χ2n) is 5.79. The summed E-state index contributed by atoms with van der Waals surface area (Å²) in [4.78, 5) is 29.7. The van der Waals surface area contributed by atoms with E-state index >= 15 is 0 Å². The van der Waals surface area contributed by atoms with E-state index in [4.69, 9.17) is 0 Å². The highest BCUT2D eigenvalue weighted by Gasteiger charge is 2.14. The first-order valence-electron chi connectivity index (χ1n) is 7.99. The lowest BCUT2D eigenvalue weighted by molar-refractivity contribution is -0.121. The zero-order chi connectivity index (χ0) is 17.5. The fourth-order valence-electron chi connectivity index (χ4n) is 2.36. The van der Waals surface area contributed by atoms with Crippen molar-refractivity contribution in [3.8, 4) is 0 Å². The molecule has 24 heavy (non-hydrogen) atoms. The minimum absolute atomic E-state index is 0.0734. The van der Waals surface area contributed by atoms with Crippen LogP contribution in [0.1, 0.15) is 30.2 Å². The van der Waals surface area contributed by atoms with E-state index in [-0.39, 0.29) is 18.2 Å². The monoisotopic (exact) mass is 325 g/mol. The number of nitrogens with one attached hydrogen (secondary N) is 1. The number of amides is 2. The molecule has 2 rings (SSSR count). The zero-order valence-corrected chi connectivity index (χ0v) is 14.4. The van der Waals surface area contributed by atoms with Crippen molar-refractivity contribution in [3.63, 3.8) is 0 Å². The first kappa shape index (κ1) is 17.7. The van der Waals surface area contributed by atoms with E-state index in [1.54, 1.807) is 11.1 Å². The Morgan fingerprint density at radius 3 is 2.54 bits per heavy atom. The Kier molecular flexibility index (Phi) is 6.07. The summed E-state index contributed by atoms with van der Waals surface area (Å²) in [5.74, 6) is -0.175. The Hall–Kier alpha value is -2.69. The number of hydrogen-bond acceptors (Lipinski definition) is 3. The SMILES string of the molecule is CC(=O)N(CCC(=O)NCc1ccccn1)c1ccc(C)c(C)c1. The van der Waals surface area contributed by atoms with Crippen LogP contribution in [-0.2, 0) is 16.1 Å². The number of aromatic nitrogens is 1. The van der Waals surface area contributed by atoms with Gasteiger partial charge in [-0.3, -0.25) is 14.6 Å². The molecule has 0 bridgehead atoms. The molecule has 126 valence electrons. The normalized spacial score (nSPS) is 10.3. The van der Waals surface area contributed by atoms with Gasteiger partial charge >= 0.3 is 0 Å². The average molecular weight is 325 g/mol. The summed E-state index contributed by atoms with van der Waals surface area (Å²) in [7, 11) is 0. The molecule has 0 saturated heterocycles. The molecule has 0 spiro atoms. The molecule has 0 aliphatic rings. The van der Waals surface area contributed by atoms with E-state index in [1.807, 2.05) is 50.2 Å². The Labute approximate surface area is 142 Å². The summed E-state index contributed by atoms with van der Waals surface area (Å²) in [6.45, 7) is 6.30. The van der Waals surface area contributed by atoms with Crippen LogP contribution in [0, 0.1) is 13.8 Å². The van der Waals surface area contributed by atoms with Crippen molar-refractivity contribution in [3.05, 3.63) is 59.4 Å². The predicted molar refractivity (Wildman–Crippen MR) is 94.6 cm³/mol. The van der Waals surface area contributed by atoms with Crippen molar-refractivity contribution >= 4 is 17.5 Å². The van der Waals surface area contributed by atoms with E-state index in [9.17, 15) is 9.59 Å². The van der Waals surface area contributed by atoms with Crippen molar-refractivity contribution < 1.29 is 9.59 Å². The molecule has 0 saturated carbocycles. The average Bonchev–Trinajstić information content (AvgIpc) is 2.57. The Bertz CT molecular complexity index is 714. The second kappa shape index (κ2) is 8.24. The minimum atomic E-state index is -0.101. The van der Waals surface area contributed by atoms with Gasteiger partial charge in [0.25, 0.3) is 0 Å². The summed E-state index contributed by atoms with van der Waals surface area (Å²) in [5, 5.41) is 2.83. The highest BCUT2D eigenvalue weighted by atomic mass is 16.2. The molecule has 5 heteroatoms.